The number of hydrogen-bond acceptors (Lipinski definition) is 3. The van der Waals surface area contributed by atoms with Gasteiger partial charge < -0.3 is 14.6 Å². The first-order valence-corrected chi connectivity index (χ1v) is 7.65. The summed E-state index contributed by atoms with van der Waals surface area (Å²) in [6.45, 7) is 8.78. The molecule has 1 N–H and O–H groups in total. The maximum atomic E-state index is 10.5. The summed E-state index contributed by atoms with van der Waals surface area (Å²) in [5.41, 5.74) is 0.940. The van der Waals surface area contributed by atoms with E-state index in [0.29, 0.717) is 34.4 Å². The number of methoxy groups -OCH3 is 2. The van der Waals surface area contributed by atoms with Gasteiger partial charge in [-0.15, -0.1) is 0 Å². The van der Waals surface area contributed by atoms with E-state index in [9.17, 15) is 5.11 Å². The third-order valence-corrected chi connectivity index (χ3v) is 3.78. The van der Waals surface area contributed by atoms with Gasteiger partial charge in [0.25, 0.3) is 0 Å². The van der Waals surface area contributed by atoms with Gasteiger partial charge in [-0.3, -0.25) is 0 Å². The van der Waals surface area contributed by atoms with Crippen molar-refractivity contribution in [2.45, 2.75) is 46.6 Å². The molecule has 0 radical (unpaired) electrons. The fraction of sp³-hybridized carbons (Fsp3) is 0.647. The van der Waals surface area contributed by atoms with Gasteiger partial charge in [0.05, 0.1) is 25.3 Å². The maximum absolute atomic E-state index is 10.5. The van der Waals surface area contributed by atoms with Crippen LogP contribution in [0.3, 0.4) is 0 Å². The first-order chi connectivity index (χ1) is 9.67. The van der Waals surface area contributed by atoms with Crippen molar-refractivity contribution in [2.24, 2.45) is 11.3 Å². The molecule has 1 aromatic rings. The molecule has 21 heavy (non-hydrogen) atoms. The molecule has 0 aliphatic carbocycles. The van der Waals surface area contributed by atoms with Gasteiger partial charge in [-0.1, -0.05) is 39.3 Å². The molecular weight excluding hydrogens is 288 g/mol. The van der Waals surface area contributed by atoms with Gasteiger partial charge in [0.2, 0.25) is 0 Å². The van der Waals surface area contributed by atoms with Crippen molar-refractivity contribution in [3.63, 3.8) is 0 Å². The summed E-state index contributed by atoms with van der Waals surface area (Å²) < 4.78 is 10.5. The number of hydrogen-bond donors (Lipinski definition) is 1. The number of benzene rings is 1. The number of rotatable bonds is 6. The monoisotopic (exact) mass is 314 g/mol. The molecule has 0 aliphatic heterocycles. The minimum Gasteiger partial charge on any atom is -0.493 e. The number of ether oxygens (including phenoxy) is 2. The third kappa shape index (κ3) is 5.40. The van der Waals surface area contributed by atoms with Crippen molar-refractivity contribution in [1.29, 1.82) is 0 Å². The zero-order valence-corrected chi connectivity index (χ0v) is 14.6. The van der Waals surface area contributed by atoms with Crippen molar-refractivity contribution in [1.82, 2.24) is 0 Å². The molecule has 2 unspecified atom stereocenters. The topological polar surface area (TPSA) is 38.7 Å². The summed E-state index contributed by atoms with van der Waals surface area (Å²) in [4.78, 5) is 0. The van der Waals surface area contributed by atoms with E-state index in [1.807, 2.05) is 0 Å². The van der Waals surface area contributed by atoms with Crippen LogP contribution in [0.25, 0.3) is 0 Å². The van der Waals surface area contributed by atoms with Crippen LogP contribution in [0.5, 0.6) is 11.5 Å². The molecule has 0 aromatic heterocycles. The Kier molecular flexibility index (Phi) is 6.36. The predicted molar refractivity (Wildman–Crippen MR) is 87.4 cm³/mol. The Balaban J connectivity index is 2.89. The highest BCUT2D eigenvalue weighted by molar-refractivity contribution is 6.31. The van der Waals surface area contributed by atoms with E-state index >= 15 is 0 Å². The minimum absolute atomic E-state index is 0.251. The molecule has 0 heterocycles. The fourth-order valence-corrected chi connectivity index (χ4v) is 3.04. The third-order valence-electron chi connectivity index (χ3n) is 3.45. The van der Waals surface area contributed by atoms with E-state index in [2.05, 4.69) is 27.7 Å². The molecule has 120 valence electrons. The summed E-state index contributed by atoms with van der Waals surface area (Å²) in [6, 6.07) is 3.45. The SMILES string of the molecule is COc1cc(Cl)c(C(O)CC(C)CC(C)(C)C)cc1OC. The van der Waals surface area contributed by atoms with Crippen LogP contribution in [0.1, 0.15) is 52.2 Å². The highest BCUT2D eigenvalue weighted by atomic mass is 35.5. The lowest BCUT2D eigenvalue weighted by Crippen LogP contribution is -2.14. The Bertz CT molecular complexity index is 466. The van der Waals surface area contributed by atoms with Crippen molar-refractivity contribution in [2.75, 3.05) is 14.2 Å². The molecule has 0 fully saturated rings. The normalized spacial score (nSPS) is 14.7. The quantitative estimate of drug-likeness (QED) is 0.815. The van der Waals surface area contributed by atoms with E-state index in [-0.39, 0.29) is 5.41 Å². The van der Waals surface area contributed by atoms with Crippen molar-refractivity contribution >= 4 is 11.6 Å². The summed E-state index contributed by atoms with van der Waals surface area (Å²) in [7, 11) is 3.14. The Morgan fingerprint density at radius 2 is 1.67 bits per heavy atom. The van der Waals surface area contributed by atoms with Crippen LogP contribution in [0, 0.1) is 11.3 Å². The van der Waals surface area contributed by atoms with E-state index in [1.54, 1.807) is 26.4 Å². The molecule has 1 aromatic carbocycles. The lowest BCUT2D eigenvalue weighted by molar-refractivity contribution is 0.133. The molecule has 1 rings (SSSR count). The summed E-state index contributed by atoms with van der Waals surface area (Å²) in [5.74, 6) is 1.56. The maximum Gasteiger partial charge on any atom is 0.162 e. The number of aliphatic hydroxyl groups excluding tert-OH is 1. The predicted octanol–water partition coefficient (Wildman–Crippen LogP) is 4.85. The first kappa shape index (κ1) is 18.1. The van der Waals surface area contributed by atoms with Crippen LogP contribution in [0.2, 0.25) is 5.02 Å². The van der Waals surface area contributed by atoms with Gasteiger partial charge >= 0.3 is 0 Å². The van der Waals surface area contributed by atoms with Gasteiger partial charge in [-0.2, -0.15) is 0 Å². The van der Waals surface area contributed by atoms with Crippen LogP contribution in [0.15, 0.2) is 12.1 Å². The van der Waals surface area contributed by atoms with Crippen molar-refractivity contribution in [3.8, 4) is 11.5 Å². The van der Waals surface area contributed by atoms with Crippen LogP contribution < -0.4 is 9.47 Å². The second-order valence-electron chi connectivity index (χ2n) is 6.85. The number of aliphatic hydroxyl groups is 1. The zero-order chi connectivity index (χ0) is 16.2. The second kappa shape index (κ2) is 7.37. The van der Waals surface area contributed by atoms with E-state index < -0.39 is 6.10 Å². The van der Waals surface area contributed by atoms with Crippen LogP contribution in [0.4, 0.5) is 0 Å². The molecule has 0 bridgehead atoms. The molecule has 2 atom stereocenters. The Morgan fingerprint density at radius 1 is 1.14 bits per heavy atom. The average Bonchev–Trinajstić information content (AvgIpc) is 2.35. The first-order valence-electron chi connectivity index (χ1n) is 7.27. The van der Waals surface area contributed by atoms with Gasteiger partial charge in [0.15, 0.2) is 11.5 Å². The van der Waals surface area contributed by atoms with Gasteiger partial charge in [0, 0.05) is 11.6 Å². The highest BCUT2D eigenvalue weighted by Crippen LogP contribution is 2.38. The second-order valence-corrected chi connectivity index (χ2v) is 7.26. The van der Waals surface area contributed by atoms with E-state index in [1.165, 1.54) is 0 Å². The molecule has 3 nitrogen and oxygen atoms in total. The summed E-state index contributed by atoms with van der Waals surface area (Å²) >= 11 is 6.25. The summed E-state index contributed by atoms with van der Waals surface area (Å²) in [5, 5.41) is 11.0. The number of halogens is 1. The smallest absolute Gasteiger partial charge is 0.162 e. The Labute approximate surface area is 133 Å². The van der Waals surface area contributed by atoms with Crippen molar-refractivity contribution in [3.05, 3.63) is 22.7 Å². The van der Waals surface area contributed by atoms with Gasteiger partial charge in [-0.25, -0.2) is 0 Å². The van der Waals surface area contributed by atoms with Crippen LogP contribution >= 0.6 is 11.6 Å². The molecule has 0 aliphatic rings. The van der Waals surface area contributed by atoms with E-state index in [0.717, 1.165) is 6.42 Å². The van der Waals surface area contributed by atoms with Gasteiger partial charge in [0.1, 0.15) is 0 Å². The largest absolute Gasteiger partial charge is 0.493 e. The van der Waals surface area contributed by atoms with Crippen LogP contribution in [-0.2, 0) is 0 Å². The summed E-state index contributed by atoms with van der Waals surface area (Å²) in [6.07, 6.45) is 1.12. The molecule has 4 heteroatoms. The fourth-order valence-electron chi connectivity index (χ4n) is 2.76. The Hall–Kier alpha value is -0.930. The zero-order valence-electron chi connectivity index (χ0n) is 13.9. The lowest BCUT2D eigenvalue weighted by Gasteiger charge is -2.25. The molecule has 0 saturated carbocycles. The lowest BCUT2D eigenvalue weighted by atomic mass is 9.82. The van der Waals surface area contributed by atoms with Crippen molar-refractivity contribution < 1.29 is 14.6 Å². The molecule has 0 amide bonds. The molecule has 0 saturated heterocycles. The van der Waals surface area contributed by atoms with E-state index in [4.69, 9.17) is 21.1 Å². The van der Waals surface area contributed by atoms with Gasteiger partial charge in [-0.05, 0) is 30.2 Å². The molecule has 0 spiro atoms. The minimum atomic E-state index is -0.602. The standard InChI is InChI=1S/C17H27ClO3/c1-11(10-17(2,3)4)7-14(19)12-8-15(20-5)16(21-6)9-13(12)18/h8-9,11,14,19H,7,10H2,1-6H3. The van der Waals surface area contributed by atoms with Crippen LogP contribution in [-0.4, -0.2) is 19.3 Å². The average molecular weight is 315 g/mol. The Morgan fingerprint density at radius 3 is 2.14 bits per heavy atom. The molecular formula is C17H27ClO3. The highest BCUT2D eigenvalue weighted by Gasteiger charge is 2.21.